The molecule has 0 amide bonds. The second-order valence-electron chi connectivity index (χ2n) is 6.80. The Morgan fingerprint density at radius 1 is 0.333 bits per heavy atom. The lowest BCUT2D eigenvalue weighted by Crippen LogP contribution is -2.84. The van der Waals surface area contributed by atoms with Crippen molar-refractivity contribution in [2.45, 2.75) is 55.4 Å². The van der Waals surface area contributed by atoms with E-state index in [0.717, 1.165) is 39.4 Å². The van der Waals surface area contributed by atoms with Crippen LogP contribution in [0.25, 0.3) is 0 Å². The molecule has 1 rings (SSSR count). The van der Waals surface area contributed by atoms with E-state index in [4.69, 9.17) is 0 Å². The van der Waals surface area contributed by atoms with Gasteiger partial charge < -0.3 is 15.3 Å². The third-order valence-electron chi connectivity index (χ3n) is 5.85. The van der Waals surface area contributed by atoms with E-state index in [1.165, 1.54) is 67.6 Å². The molecule has 0 bridgehead atoms. The molecular weight excluding hydrogens is 361 g/mol. The van der Waals surface area contributed by atoms with Crippen molar-refractivity contribution in [3.63, 3.8) is 0 Å². The molecule has 0 unspecified atom stereocenters. The summed E-state index contributed by atoms with van der Waals surface area (Å²) in [5.74, 6) is 0. The molecule has 136 valence electrons. The second-order valence-corrected chi connectivity index (χ2v) is 16.2. The van der Waals surface area contributed by atoms with Crippen molar-refractivity contribution in [3.8, 4) is 0 Å². The lowest BCUT2D eigenvalue weighted by Gasteiger charge is -2.50. The van der Waals surface area contributed by atoms with E-state index < -0.39 is 0 Å². The summed E-state index contributed by atoms with van der Waals surface area (Å²) in [7, 11) is 4.13. The number of hydrogen-bond acceptors (Lipinski definition) is 0. The van der Waals surface area contributed by atoms with Crippen molar-refractivity contribution in [2.24, 2.45) is 0 Å². The molecule has 8 heteroatoms. The van der Waals surface area contributed by atoms with E-state index in [1.54, 1.807) is 0 Å². The molecular formula is C16H40N4Si4+4. The highest BCUT2D eigenvalue weighted by molar-refractivity contribution is 6.47. The van der Waals surface area contributed by atoms with Crippen molar-refractivity contribution in [1.82, 2.24) is 0 Å². The summed E-state index contributed by atoms with van der Waals surface area (Å²) in [5, 5.41) is 0. The molecule has 8 radical (unpaired) electrons. The molecule has 1 heterocycles. The predicted molar refractivity (Wildman–Crippen MR) is 108 cm³/mol. The van der Waals surface area contributed by atoms with E-state index in [2.05, 4.69) is 55.4 Å². The lowest BCUT2D eigenvalue weighted by atomic mass is 10.6. The Kier molecular flexibility index (Phi) is 8.60. The highest BCUT2D eigenvalue weighted by Gasteiger charge is 2.67. The first-order valence-electron chi connectivity index (χ1n) is 9.98. The van der Waals surface area contributed by atoms with Gasteiger partial charge in [0.2, 0.25) is 0 Å². The van der Waals surface area contributed by atoms with Crippen LogP contribution in [0.1, 0.15) is 55.4 Å². The molecule has 1 fully saturated rings. The van der Waals surface area contributed by atoms with E-state index in [1.807, 2.05) is 0 Å². The van der Waals surface area contributed by atoms with E-state index in [0.29, 0.717) is 0 Å². The Balaban J connectivity index is 3.45. The van der Waals surface area contributed by atoms with E-state index in [-0.39, 0.29) is 0 Å². The molecule has 24 heavy (non-hydrogen) atoms. The van der Waals surface area contributed by atoms with Crippen LogP contribution < -0.4 is 0 Å². The Hall–Kier alpha value is 0.708. The van der Waals surface area contributed by atoms with Gasteiger partial charge in [-0.25, -0.2) is 0 Å². The van der Waals surface area contributed by atoms with E-state index in [9.17, 15) is 0 Å². The largest absolute Gasteiger partial charge is 0.730 e. The smallest absolute Gasteiger partial charge is 0.328 e. The zero-order chi connectivity index (χ0) is 18.5. The van der Waals surface area contributed by atoms with Crippen molar-refractivity contribution in [2.75, 3.05) is 52.4 Å². The summed E-state index contributed by atoms with van der Waals surface area (Å²) in [6.07, 6.45) is 0. The van der Waals surface area contributed by atoms with Gasteiger partial charge in [-0.05, 0) is 55.4 Å². The number of quaternary nitrogens is 4. The topological polar surface area (TPSA) is 0 Å². The second kappa shape index (κ2) is 9.07. The molecule has 0 spiro atoms. The van der Waals surface area contributed by atoms with E-state index >= 15 is 0 Å². The van der Waals surface area contributed by atoms with Crippen LogP contribution in [0.2, 0.25) is 0 Å². The van der Waals surface area contributed by atoms with Gasteiger partial charge in [-0.3, -0.25) is 0 Å². The molecule has 1 aliphatic rings. The maximum absolute atomic E-state index is 2.44. The average Bonchev–Trinajstić information content (AvgIpc) is 2.63. The predicted octanol–water partition coefficient (Wildman–Crippen LogP) is 1.56. The van der Waals surface area contributed by atoms with Crippen LogP contribution in [-0.4, -0.2) is 107 Å². The first kappa shape index (κ1) is 22.7. The highest BCUT2D eigenvalue weighted by atomic mass is 28.4. The third-order valence-corrected chi connectivity index (χ3v) is 16.4. The molecule has 1 aliphatic heterocycles. The van der Waals surface area contributed by atoms with Crippen molar-refractivity contribution in [3.05, 3.63) is 0 Å². The Labute approximate surface area is 162 Å². The van der Waals surface area contributed by atoms with Gasteiger partial charge in [0.05, 0.1) is 52.4 Å². The first-order chi connectivity index (χ1) is 11.3. The van der Waals surface area contributed by atoms with Gasteiger partial charge in [-0.2, -0.15) is 0 Å². The van der Waals surface area contributed by atoms with Gasteiger partial charge in [-0.15, -0.1) is 0 Å². The molecule has 0 aromatic heterocycles. The number of nitrogens with zero attached hydrogens (tertiary/aromatic N) is 4. The minimum atomic E-state index is 1.03. The normalized spacial score (nSPS) is 25.0. The molecule has 0 atom stereocenters. The Morgan fingerprint density at radius 3 is 0.542 bits per heavy atom. The van der Waals surface area contributed by atoms with Gasteiger partial charge >= 0.3 is 39.4 Å². The van der Waals surface area contributed by atoms with Gasteiger partial charge in [-0.1, -0.05) is 0 Å². The maximum atomic E-state index is 2.44. The van der Waals surface area contributed by atoms with Crippen LogP contribution in [-0.2, 0) is 0 Å². The third kappa shape index (κ3) is 4.51. The zero-order valence-corrected chi connectivity index (χ0v) is 21.4. The van der Waals surface area contributed by atoms with Crippen molar-refractivity contribution < 1.29 is 15.3 Å². The van der Waals surface area contributed by atoms with Gasteiger partial charge in [0.15, 0.2) is 0 Å². The number of hydrogen-bond donors (Lipinski definition) is 0. The molecule has 0 aliphatic carbocycles. The molecule has 0 N–H and O–H groups in total. The van der Waals surface area contributed by atoms with Crippen molar-refractivity contribution >= 4 is 39.4 Å². The quantitative estimate of drug-likeness (QED) is 0.543. The molecule has 0 aromatic carbocycles. The summed E-state index contributed by atoms with van der Waals surface area (Å²) in [4.78, 5) is 0. The SMILES string of the molecule is CC[N+]1(CC)[Si][N+](CC)(CC)[Si][N+](CC)(CC)[Si][N+](CC)(CC)[Si]1. The minimum absolute atomic E-state index is 1.03. The minimum Gasteiger partial charge on any atom is -0.328 e. The van der Waals surface area contributed by atoms with Crippen LogP contribution in [0.4, 0.5) is 0 Å². The van der Waals surface area contributed by atoms with Crippen LogP contribution >= 0.6 is 0 Å². The summed E-state index contributed by atoms with van der Waals surface area (Å²) >= 11 is 0. The Morgan fingerprint density at radius 2 is 0.458 bits per heavy atom. The molecule has 1 saturated heterocycles. The Bertz CT molecular complexity index is 290. The molecule has 4 nitrogen and oxygen atoms in total. The standard InChI is InChI=1S/C16H40N4Si4/c1-9-17(10-2)21-18(11-3,12-4)23-20(15-7,16-8)24-19(13-5,14-6)22-17/h9-16H2,1-8H3/q+4. The fraction of sp³-hybridized carbons (Fsp3) is 1.00. The monoisotopic (exact) mass is 400 g/mol. The van der Waals surface area contributed by atoms with Crippen molar-refractivity contribution in [1.29, 1.82) is 0 Å². The fourth-order valence-corrected chi connectivity index (χ4v) is 15.3. The van der Waals surface area contributed by atoms with Crippen LogP contribution in [0.5, 0.6) is 0 Å². The molecule has 0 aromatic rings. The average molecular weight is 401 g/mol. The molecule has 0 saturated carbocycles. The van der Waals surface area contributed by atoms with Gasteiger partial charge in [0, 0.05) is 0 Å². The maximum Gasteiger partial charge on any atom is 0.730 e. The summed E-state index contributed by atoms with van der Waals surface area (Å²) in [5.41, 5.74) is 0. The van der Waals surface area contributed by atoms with Crippen LogP contribution in [0.3, 0.4) is 0 Å². The lowest BCUT2D eigenvalue weighted by molar-refractivity contribution is -0.927. The first-order valence-corrected chi connectivity index (χ1v) is 13.6. The zero-order valence-electron chi connectivity index (χ0n) is 17.4. The van der Waals surface area contributed by atoms with Gasteiger partial charge in [0.1, 0.15) is 0 Å². The van der Waals surface area contributed by atoms with Gasteiger partial charge in [0.25, 0.3) is 0 Å². The summed E-state index contributed by atoms with van der Waals surface area (Å²) < 4.78 is 5.43. The van der Waals surface area contributed by atoms with Crippen LogP contribution in [0, 0.1) is 0 Å². The fourth-order valence-electron chi connectivity index (χ4n) is 3.58. The highest BCUT2D eigenvalue weighted by Crippen LogP contribution is 2.24. The van der Waals surface area contributed by atoms with Crippen LogP contribution in [0.15, 0.2) is 0 Å². The summed E-state index contributed by atoms with van der Waals surface area (Å²) in [6.45, 7) is 30.0. The number of rotatable bonds is 8. The summed E-state index contributed by atoms with van der Waals surface area (Å²) in [6, 6.07) is 0.